The third-order valence-electron chi connectivity index (χ3n) is 6.03. The minimum atomic E-state index is -0.790. The van der Waals surface area contributed by atoms with Crippen LogP contribution in [0, 0.1) is 11.2 Å². The van der Waals surface area contributed by atoms with Crippen molar-refractivity contribution in [2.24, 2.45) is 5.41 Å². The minimum Gasteiger partial charge on any atom is -0.381 e. The molecule has 3 amide bonds. The van der Waals surface area contributed by atoms with Crippen molar-refractivity contribution in [1.82, 2.24) is 10.2 Å². The molecule has 1 aromatic carbocycles. The number of imide groups is 1. The van der Waals surface area contributed by atoms with Crippen molar-refractivity contribution in [2.75, 3.05) is 26.3 Å². The lowest BCUT2D eigenvalue weighted by molar-refractivity contribution is -0.141. The molecule has 0 unspecified atom stereocenters. The summed E-state index contributed by atoms with van der Waals surface area (Å²) in [4.78, 5) is 39.0. The summed E-state index contributed by atoms with van der Waals surface area (Å²) in [6.07, 6.45) is 1.67. The first kappa shape index (κ1) is 17.1. The summed E-state index contributed by atoms with van der Waals surface area (Å²) >= 11 is 0. The molecule has 0 saturated carbocycles. The van der Waals surface area contributed by atoms with Crippen molar-refractivity contribution < 1.29 is 23.5 Å². The van der Waals surface area contributed by atoms with Gasteiger partial charge in [0.25, 0.3) is 0 Å². The van der Waals surface area contributed by atoms with Crippen LogP contribution in [0.2, 0.25) is 0 Å². The van der Waals surface area contributed by atoms with E-state index in [9.17, 15) is 18.8 Å². The van der Waals surface area contributed by atoms with E-state index in [1.807, 2.05) is 0 Å². The molecule has 1 N–H and O–H groups in total. The standard InChI is InChI=1S/C19H21FN2O4/c20-14-3-1-13(2-4-14)19(6-9-26-10-7-19)17(25)22-8-5-18(12-22)11-15(23)21-16(18)24/h1-4H,5-12H2,(H,21,23,24)/t18-/m1/s1. The Labute approximate surface area is 150 Å². The van der Waals surface area contributed by atoms with Gasteiger partial charge in [-0.05, 0) is 37.0 Å². The summed E-state index contributed by atoms with van der Waals surface area (Å²) in [6.45, 7) is 1.62. The number of benzene rings is 1. The van der Waals surface area contributed by atoms with Crippen LogP contribution in [0.5, 0.6) is 0 Å². The van der Waals surface area contributed by atoms with Gasteiger partial charge in [-0.1, -0.05) is 12.1 Å². The van der Waals surface area contributed by atoms with Gasteiger partial charge in [0.2, 0.25) is 17.7 Å². The molecule has 0 aliphatic carbocycles. The topological polar surface area (TPSA) is 75.7 Å². The second kappa shape index (κ2) is 6.16. The molecule has 1 atom stereocenters. The van der Waals surface area contributed by atoms with Crippen molar-refractivity contribution >= 4 is 17.7 Å². The second-order valence-corrected chi connectivity index (χ2v) is 7.51. The van der Waals surface area contributed by atoms with E-state index in [4.69, 9.17) is 4.74 Å². The van der Waals surface area contributed by atoms with Gasteiger partial charge in [0.15, 0.2) is 0 Å². The fourth-order valence-corrected chi connectivity index (χ4v) is 4.48. The van der Waals surface area contributed by atoms with E-state index in [-0.39, 0.29) is 36.5 Å². The fraction of sp³-hybridized carbons (Fsp3) is 0.526. The lowest BCUT2D eigenvalue weighted by Gasteiger charge is -2.39. The average Bonchev–Trinajstić information content (AvgIpc) is 3.18. The summed E-state index contributed by atoms with van der Waals surface area (Å²) in [5, 5.41) is 2.36. The molecule has 3 aliphatic heterocycles. The Morgan fingerprint density at radius 1 is 1.12 bits per heavy atom. The zero-order valence-corrected chi connectivity index (χ0v) is 14.4. The van der Waals surface area contributed by atoms with Gasteiger partial charge in [-0.2, -0.15) is 0 Å². The van der Waals surface area contributed by atoms with Gasteiger partial charge < -0.3 is 9.64 Å². The predicted octanol–water partition coefficient (Wildman–Crippen LogP) is 1.14. The van der Waals surface area contributed by atoms with Gasteiger partial charge in [-0.3, -0.25) is 19.7 Å². The van der Waals surface area contributed by atoms with Crippen LogP contribution in [-0.4, -0.2) is 48.9 Å². The summed E-state index contributed by atoms with van der Waals surface area (Å²) in [5.74, 6) is -0.953. The molecule has 1 aromatic rings. The molecule has 3 saturated heterocycles. The number of ether oxygens (including phenoxy) is 1. The smallest absolute Gasteiger partial charge is 0.235 e. The molecular weight excluding hydrogens is 339 g/mol. The van der Waals surface area contributed by atoms with E-state index in [2.05, 4.69) is 5.32 Å². The highest BCUT2D eigenvalue weighted by Crippen LogP contribution is 2.42. The monoisotopic (exact) mass is 360 g/mol. The van der Waals surface area contributed by atoms with E-state index in [0.29, 0.717) is 39.0 Å². The number of hydrogen-bond donors (Lipinski definition) is 1. The molecule has 3 aliphatic rings. The molecule has 6 nitrogen and oxygen atoms in total. The third-order valence-corrected chi connectivity index (χ3v) is 6.03. The quantitative estimate of drug-likeness (QED) is 0.803. The van der Waals surface area contributed by atoms with Crippen LogP contribution in [0.25, 0.3) is 0 Å². The Hall–Kier alpha value is -2.28. The molecule has 3 heterocycles. The molecule has 0 bridgehead atoms. The molecule has 0 radical (unpaired) electrons. The van der Waals surface area contributed by atoms with Crippen LogP contribution < -0.4 is 5.32 Å². The lowest BCUT2D eigenvalue weighted by Crippen LogP contribution is -2.50. The predicted molar refractivity (Wildman–Crippen MR) is 89.5 cm³/mol. The summed E-state index contributed by atoms with van der Waals surface area (Å²) in [6, 6.07) is 6.06. The van der Waals surface area contributed by atoms with Crippen LogP contribution >= 0.6 is 0 Å². The number of carbonyl (C=O) groups excluding carboxylic acids is 3. The first-order valence-electron chi connectivity index (χ1n) is 8.93. The van der Waals surface area contributed by atoms with Gasteiger partial charge in [0, 0.05) is 32.7 Å². The summed E-state index contributed by atoms with van der Waals surface area (Å²) in [5.41, 5.74) is -0.779. The molecule has 138 valence electrons. The first-order valence-corrected chi connectivity index (χ1v) is 8.93. The van der Waals surface area contributed by atoms with Crippen LogP contribution in [0.4, 0.5) is 4.39 Å². The lowest BCUT2D eigenvalue weighted by atomic mass is 9.73. The summed E-state index contributed by atoms with van der Waals surface area (Å²) < 4.78 is 18.8. The second-order valence-electron chi connectivity index (χ2n) is 7.51. The molecule has 1 spiro atoms. The number of halogens is 1. The highest BCUT2D eigenvalue weighted by molar-refractivity contribution is 6.06. The summed E-state index contributed by atoms with van der Waals surface area (Å²) in [7, 11) is 0. The number of amides is 3. The van der Waals surface area contributed by atoms with Gasteiger partial charge >= 0.3 is 0 Å². The molecule has 3 fully saturated rings. The van der Waals surface area contributed by atoms with Crippen molar-refractivity contribution in [3.8, 4) is 0 Å². The SMILES string of the molecule is O=C1C[C@@]2(CCN(C(=O)C3(c4ccc(F)cc4)CCOCC3)C2)C(=O)N1. The largest absolute Gasteiger partial charge is 0.381 e. The Morgan fingerprint density at radius 2 is 1.81 bits per heavy atom. The van der Waals surface area contributed by atoms with Gasteiger partial charge in [-0.25, -0.2) is 4.39 Å². The van der Waals surface area contributed by atoms with Crippen molar-refractivity contribution in [3.63, 3.8) is 0 Å². The highest BCUT2D eigenvalue weighted by atomic mass is 19.1. The van der Waals surface area contributed by atoms with Crippen LogP contribution in [0.1, 0.15) is 31.2 Å². The Balaban J connectivity index is 1.63. The van der Waals surface area contributed by atoms with Crippen molar-refractivity contribution in [3.05, 3.63) is 35.6 Å². The normalized spacial score (nSPS) is 27.8. The maximum atomic E-state index is 13.5. The molecule has 4 rings (SSSR count). The number of nitrogens with zero attached hydrogens (tertiary/aromatic N) is 1. The van der Waals surface area contributed by atoms with Crippen LogP contribution in [-0.2, 0) is 24.5 Å². The molecule has 7 heteroatoms. The average molecular weight is 360 g/mol. The molecule has 26 heavy (non-hydrogen) atoms. The van der Waals surface area contributed by atoms with Crippen molar-refractivity contribution in [2.45, 2.75) is 31.1 Å². The number of nitrogens with one attached hydrogen (secondary N) is 1. The van der Waals surface area contributed by atoms with E-state index in [0.717, 1.165) is 5.56 Å². The van der Waals surface area contributed by atoms with Crippen molar-refractivity contribution in [1.29, 1.82) is 0 Å². The Morgan fingerprint density at radius 3 is 2.42 bits per heavy atom. The van der Waals surface area contributed by atoms with Crippen LogP contribution in [0.15, 0.2) is 24.3 Å². The van der Waals surface area contributed by atoms with E-state index < -0.39 is 10.8 Å². The maximum absolute atomic E-state index is 13.5. The van der Waals surface area contributed by atoms with Gasteiger partial charge in [0.1, 0.15) is 5.82 Å². The number of likely N-dealkylation sites (tertiary alicyclic amines) is 1. The number of hydrogen-bond acceptors (Lipinski definition) is 4. The highest BCUT2D eigenvalue weighted by Gasteiger charge is 2.54. The van der Waals surface area contributed by atoms with E-state index in [1.165, 1.54) is 12.1 Å². The maximum Gasteiger partial charge on any atom is 0.235 e. The first-order chi connectivity index (χ1) is 12.5. The van der Waals surface area contributed by atoms with E-state index >= 15 is 0 Å². The molecular formula is C19H21FN2O4. The Bertz CT molecular complexity index is 757. The Kier molecular flexibility index (Phi) is 4.06. The van der Waals surface area contributed by atoms with E-state index in [1.54, 1.807) is 17.0 Å². The zero-order valence-electron chi connectivity index (χ0n) is 14.4. The fourth-order valence-electron chi connectivity index (χ4n) is 4.48. The number of rotatable bonds is 2. The van der Waals surface area contributed by atoms with Gasteiger partial charge in [-0.15, -0.1) is 0 Å². The number of carbonyl (C=O) groups is 3. The zero-order chi connectivity index (χ0) is 18.4. The third kappa shape index (κ3) is 2.61. The van der Waals surface area contributed by atoms with Crippen LogP contribution in [0.3, 0.4) is 0 Å². The van der Waals surface area contributed by atoms with Gasteiger partial charge in [0.05, 0.1) is 10.8 Å². The molecule has 0 aromatic heterocycles. The minimum absolute atomic E-state index is 0.0589.